The smallest absolute Gasteiger partial charge is 0.416 e. The van der Waals surface area contributed by atoms with Gasteiger partial charge in [0, 0.05) is 22.1 Å². The maximum Gasteiger partial charge on any atom is 0.416 e. The number of halogens is 6. The Hall–Kier alpha value is -4.47. The molecule has 0 fully saturated rings. The number of ether oxygens (including phenoxy) is 3. The molecule has 4 aromatic carbocycles. The number of carbonyl (C=O) groups excluding carboxylic acids is 1. The molecule has 0 amide bonds. The third-order valence-electron chi connectivity index (χ3n) is 7.14. The standard InChI is InChI=1S/C31H22F6O4/c1-17-23-11-10-22(39-2)16-25(23)27-24(26(17)28(38)40-3)12-13-29(41-27,18-6-4-8-20(14-18)30(32,33)34)19-7-5-9-21(15-19)31(35,36)37/h4-16H,1-3H3. The third-order valence-corrected chi connectivity index (χ3v) is 7.14. The van der Waals surface area contributed by atoms with Crippen molar-refractivity contribution in [2.24, 2.45) is 0 Å². The lowest BCUT2D eigenvalue weighted by Crippen LogP contribution is -2.35. The number of carbonyl (C=O) groups is 1. The normalized spacial score (nSPS) is 14.4. The summed E-state index contributed by atoms with van der Waals surface area (Å²) in [6.45, 7) is 1.71. The molecule has 41 heavy (non-hydrogen) atoms. The second kappa shape index (κ2) is 9.87. The zero-order valence-electron chi connectivity index (χ0n) is 21.9. The van der Waals surface area contributed by atoms with Gasteiger partial charge in [-0.05, 0) is 66.4 Å². The van der Waals surface area contributed by atoms with E-state index in [1.807, 2.05) is 0 Å². The fraction of sp³-hybridized carbons (Fsp3) is 0.194. The first-order valence-electron chi connectivity index (χ1n) is 12.3. The molecule has 0 radical (unpaired) electrons. The van der Waals surface area contributed by atoms with E-state index in [2.05, 4.69) is 0 Å². The topological polar surface area (TPSA) is 44.8 Å². The minimum absolute atomic E-state index is 0.0650. The summed E-state index contributed by atoms with van der Waals surface area (Å²) in [6, 6.07) is 13.4. The average molecular weight is 573 g/mol. The van der Waals surface area contributed by atoms with Crippen LogP contribution in [0.3, 0.4) is 0 Å². The maximum absolute atomic E-state index is 13.8. The van der Waals surface area contributed by atoms with E-state index in [1.165, 1.54) is 38.5 Å². The van der Waals surface area contributed by atoms with Crippen LogP contribution in [0.1, 0.15) is 43.7 Å². The van der Waals surface area contributed by atoms with Crippen LogP contribution in [0.2, 0.25) is 0 Å². The minimum atomic E-state index is -4.73. The number of rotatable bonds is 4. The minimum Gasteiger partial charge on any atom is -0.497 e. The summed E-state index contributed by atoms with van der Waals surface area (Å²) in [4.78, 5) is 12.9. The van der Waals surface area contributed by atoms with Crippen molar-refractivity contribution in [1.82, 2.24) is 0 Å². The molecule has 0 bridgehead atoms. The highest BCUT2D eigenvalue weighted by molar-refractivity contribution is 6.06. The van der Waals surface area contributed by atoms with E-state index >= 15 is 0 Å². The second-order valence-electron chi connectivity index (χ2n) is 9.47. The number of fused-ring (bicyclic) bond motifs is 3. The first kappa shape index (κ1) is 28.1. The van der Waals surface area contributed by atoms with Crippen LogP contribution in [0.4, 0.5) is 26.3 Å². The summed E-state index contributed by atoms with van der Waals surface area (Å²) >= 11 is 0. The van der Waals surface area contributed by atoms with Gasteiger partial charge in [-0.15, -0.1) is 0 Å². The van der Waals surface area contributed by atoms with E-state index in [9.17, 15) is 31.1 Å². The van der Waals surface area contributed by atoms with Gasteiger partial charge in [0.25, 0.3) is 0 Å². The summed E-state index contributed by atoms with van der Waals surface area (Å²) in [7, 11) is 2.65. The number of aryl methyl sites for hydroxylation is 1. The van der Waals surface area contributed by atoms with Crippen LogP contribution in [0.5, 0.6) is 11.5 Å². The third kappa shape index (κ3) is 4.77. The Morgan fingerprint density at radius 3 is 1.90 bits per heavy atom. The Morgan fingerprint density at radius 2 is 1.39 bits per heavy atom. The summed E-state index contributed by atoms with van der Waals surface area (Å²) in [5.41, 5.74) is -3.11. The first-order valence-corrected chi connectivity index (χ1v) is 12.3. The molecule has 0 aromatic heterocycles. The Bertz CT molecular complexity index is 1640. The highest BCUT2D eigenvalue weighted by Gasteiger charge is 2.42. The van der Waals surface area contributed by atoms with Crippen LogP contribution in [0.15, 0.2) is 72.8 Å². The van der Waals surface area contributed by atoms with Gasteiger partial charge in [-0.2, -0.15) is 26.3 Å². The molecular weight excluding hydrogens is 550 g/mol. The maximum atomic E-state index is 13.8. The van der Waals surface area contributed by atoms with Gasteiger partial charge in [0.1, 0.15) is 11.5 Å². The highest BCUT2D eigenvalue weighted by Crippen LogP contribution is 2.49. The second-order valence-corrected chi connectivity index (χ2v) is 9.47. The van der Waals surface area contributed by atoms with E-state index in [-0.39, 0.29) is 28.0 Å². The summed E-state index contributed by atoms with van der Waals surface area (Å²) in [5.74, 6) is -0.190. The molecule has 0 N–H and O–H groups in total. The van der Waals surface area contributed by atoms with Crippen molar-refractivity contribution >= 4 is 22.8 Å². The quantitative estimate of drug-likeness (QED) is 0.182. The predicted molar refractivity (Wildman–Crippen MR) is 140 cm³/mol. The van der Waals surface area contributed by atoms with Crippen LogP contribution in [-0.2, 0) is 22.7 Å². The van der Waals surface area contributed by atoms with Crippen LogP contribution >= 0.6 is 0 Å². The molecule has 4 nitrogen and oxygen atoms in total. The van der Waals surface area contributed by atoms with E-state index < -0.39 is 35.0 Å². The lowest BCUT2D eigenvalue weighted by molar-refractivity contribution is -0.138. The van der Waals surface area contributed by atoms with Gasteiger partial charge >= 0.3 is 18.3 Å². The summed E-state index contributed by atoms with van der Waals surface area (Å²) in [5, 5.41) is 0.999. The fourth-order valence-corrected chi connectivity index (χ4v) is 5.12. The van der Waals surface area contributed by atoms with Gasteiger partial charge in [-0.25, -0.2) is 4.79 Å². The van der Waals surface area contributed by atoms with Crippen molar-refractivity contribution in [2.45, 2.75) is 24.9 Å². The van der Waals surface area contributed by atoms with Gasteiger partial charge in [0.15, 0.2) is 5.60 Å². The summed E-state index contributed by atoms with van der Waals surface area (Å²) < 4.78 is 99.5. The van der Waals surface area contributed by atoms with Crippen LogP contribution in [-0.4, -0.2) is 20.2 Å². The Balaban J connectivity index is 1.87. The molecule has 0 aliphatic carbocycles. The zero-order valence-corrected chi connectivity index (χ0v) is 21.9. The predicted octanol–water partition coefficient (Wildman–Crippen LogP) is 8.33. The van der Waals surface area contributed by atoms with Crippen molar-refractivity contribution in [3.05, 3.63) is 112 Å². The molecule has 0 atom stereocenters. The number of hydrogen-bond acceptors (Lipinski definition) is 4. The number of methoxy groups -OCH3 is 2. The lowest BCUT2D eigenvalue weighted by atomic mass is 9.81. The number of alkyl halides is 6. The van der Waals surface area contributed by atoms with Crippen molar-refractivity contribution in [3.8, 4) is 11.5 Å². The monoisotopic (exact) mass is 572 g/mol. The van der Waals surface area contributed by atoms with E-state index in [0.717, 1.165) is 36.4 Å². The number of benzene rings is 4. The Morgan fingerprint density at radius 1 is 0.805 bits per heavy atom. The van der Waals surface area contributed by atoms with Gasteiger partial charge in [0.2, 0.25) is 0 Å². The Kier molecular flexibility index (Phi) is 6.75. The van der Waals surface area contributed by atoms with Gasteiger partial charge in [-0.3, -0.25) is 0 Å². The zero-order chi connectivity index (χ0) is 29.7. The van der Waals surface area contributed by atoms with Gasteiger partial charge in [-0.1, -0.05) is 30.3 Å². The van der Waals surface area contributed by atoms with Crippen molar-refractivity contribution < 1.29 is 45.3 Å². The number of esters is 1. The molecule has 0 unspecified atom stereocenters. The van der Waals surface area contributed by atoms with Crippen LogP contribution < -0.4 is 9.47 Å². The molecule has 212 valence electrons. The van der Waals surface area contributed by atoms with Crippen LogP contribution in [0.25, 0.3) is 16.8 Å². The van der Waals surface area contributed by atoms with Crippen molar-refractivity contribution in [2.75, 3.05) is 14.2 Å². The Labute approximate surface area is 230 Å². The first-order chi connectivity index (χ1) is 19.3. The lowest BCUT2D eigenvalue weighted by Gasteiger charge is -2.38. The van der Waals surface area contributed by atoms with Gasteiger partial charge < -0.3 is 14.2 Å². The molecule has 1 aliphatic rings. The molecule has 0 saturated carbocycles. The van der Waals surface area contributed by atoms with Crippen LogP contribution in [0, 0.1) is 6.92 Å². The molecule has 4 aromatic rings. The molecule has 1 aliphatic heterocycles. The largest absolute Gasteiger partial charge is 0.497 e. The molecule has 10 heteroatoms. The molecule has 0 saturated heterocycles. The van der Waals surface area contributed by atoms with Gasteiger partial charge in [0.05, 0.1) is 30.9 Å². The van der Waals surface area contributed by atoms with E-state index in [4.69, 9.17) is 14.2 Å². The summed E-state index contributed by atoms with van der Waals surface area (Å²) in [6.07, 6.45) is -6.62. The van der Waals surface area contributed by atoms with E-state index in [0.29, 0.717) is 22.1 Å². The average Bonchev–Trinajstić information content (AvgIpc) is 2.96. The molecule has 1 heterocycles. The van der Waals surface area contributed by atoms with E-state index in [1.54, 1.807) is 25.1 Å². The molecule has 0 spiro atoms. The molecule has 5 rings (SSSR count). The highest BCUT2D eigenvalue weighted by atomic mass is 19.4. The van der Waals surface area contributed by atoms with Crippen molar-refractivity contribution in [1.29, 1.82) is 0 Å². The SMILES string of the molecule is COC(=O)c1c2c(c3cc(OC)ccc3c1C)OC(c1cccc(C(F)(F)F)c1)(c1cccc(C(F)(F)F)c1)C=C2. The van der Waals surface area contributed by atoms with Crippen molar-refractivity contribution in [3.63, 3.8) is 0 Å². The number of hydrogen-bond donors (Lipinski definition) is 0. The molecular formula is C31H22F6O4. The fourth-order valence-electron chi connectivity index (χ4n) is 5.12.